The normalized spacial score (nSPS) is 12.2. The van der Waals surface area contributed by atoms with Crippen LogP contribution in [0.2, 0.25) is 0 Å². The van der Waals surface area contributed by atoms with Gasteiger partial charge in [-0.15, -0.1) is 0 Å². The second kappa shape index (κ2) is 11.3. The van der Waals surface area contributed by atoms with Crippen molar-refractivity contribution in [2.75, 3.05) is 6.61 Å². The summed E-state index contributed by atoms with van der Waals surface area (Å²) >= 11 is 0. The van der Waals surface area contributed by atoms with E-state index in [-0.39, 0.29) is 0 Å². The number of hydrogen-bond donors (Lipinski definition) is 2. The van der Waals surface area contributed by atoms with Gasteiger partial charge < -0.3 is 9.84 Å². The number of carboxylic acids is 1. The summed E-state index contributed by atoms with van der Waals surface area (Å²) in [5.74, 6) is -0.0851. The highest BCUT2D eigenvalue weighted by Crippen LogP contribution is 2.36. The van der Waals surface area contributed by atoms with E-state index in [1.54, 1.807) is 6.08 Å². The quantitative estimate of drug-likeness (QED) is 0.147. The average molecular weight is 467 g/mol. The molecule has 4 rings (SSSR count). The number of rotatable bonds is 10. The van der Waals surface area contributed by atoms with E-state index in [1.807, 2.05) is 42.6 Å². The molecular formula is C30H30N2O3. The second-order valence-corrected chi connectivity index (χ2v) is 8.40. The van der Waals surface area contributed by atoms with Gasteiger partial charge in [-0.3, -0.25) is 5.10 Å². The first-order valence-electron chi connectivity index (χ1n) is 12.0. The Morgan fingerprint density at radius 2 is 1.80 bits per heavy atom. The van der Waals surface area contributed by atoms with Crippen molar-refractivity contribution in [1.29, 1.82) is 0 Å². The van der Waals surface area contributed by atoms with Crippen LogP contribution in [0.1, 0.15) is 55.4 Å². The number of allylic oxidation sites excluding steroid dienone is 1. The lowest BCUT2D eigenvalue weighted by Crippen LogP contribution is -1.98. The Bertz CT molecular complexity index is 1360. The number of hydrogen-bond acceptors (Lipinski definition) is 3. The van der Waals surface area contributed by atoms with Crippen LogP contribution in [0.25, 0.3) is 28.1 Å². The largest absolute Gasteiger partial charge is 0.494 e. The van der Waals surface area contributed by atoms with Crippen LogP contribution < -0.4 is 4.74 Å². The lowest BCUT2D eigenvalue weighted by atomic mass is 9.87. The number of carbonyl (C=O) groups is 1. The molecule has 0 aliphatic carbocycles. The van der Waals surface area contributed by atoms with E-state index in [4.69, 9.17) is 9.84 Å². The van der Waals surface area contributed by atoms with Gasteiger partial charge in [0.2, 0.25) is 0 Å². The minimum Gasteiger partial charge on any atom is -0.494 e. The van der Waals surface area contributed by atoms with Gasteiger partial charge in [0.1, 0.15) is 5.75 Å². The molecule has 2 N–H and O–H groups in total. The number of H-pyrrole nitrogens is 1. The number of carboxylic acid groups (broad SMARTS) is 1. The maximum atomic E-state index is 10.9. The summed E-state index contributed by atoms with van der Waals surface area (Å²) in [6.07, 6.45) is 7.55. The first kappa shape index (κ1) is 24.0. The first-order chi connectivity index (χ1) is 17.1. The van der Waals surface area contributed by atoms with Gasteiger partial charge in [-0.1, -0.05) is 62.7 Å². The Morgan fingerprint density at radius 3 is 2.54 bits per heavy atom. The van der Waals surface area contributed by atoms with Crippen LogP contribution >= 0.6 is 0 Å². The van der Waals surface area contributed by atoms with E-state index in [9.17, 15) is 4.79 Å². The number of unbranched alkanes of at least 4 members (excludes halogenated alkanes) is 1. The Balaban J connectivity index is 1.84. The highest BCUT2D eigenvalue weighted by molar-refractivity contribution is 6.00. The Hall–Kier alpha value is -4.12. The molecule has 0 atom stereocenters. The molecule has 3 aromatic carbocycles. The summed E-state index contributed by atoms with van der Waals surface area (Å²) in [6.45, 7) is 5.03. The molecule has 0 unspecified atom stereocenters. The average Bonchev–Trinajstić information content (AvgIpc) is 3.35. The number of aromatic amines is 1. The molecule has 178 valence electrons. The summed E-state index contributed by atoms with van der Waals surface area (Å²) in [6, 6.07) is 22.6. The molecule has 0 aliphatic heterocycles. The summed E-state index contributed by atoms with van der Waals surface area (Å²) in [7, 11) is 0. The molecule has 1 aromatic heterocycles. The molecule has 0 radical (unpaired) electrons. The number of fused-ring (bicyclic) bond motifs is 1. The predicted octanol–water partition coefficient (Wildman–Crippen LogP) is 7.21. The first-order valence-corrected chi connectivity index (χ1v) is 12.0. The molecule has 0 bridgehead atoms. The third-order valence-corrected chi connectivity index (χ3v) is 5.95. The number of nitrogens with zero attached hydrogens (tertiary/aromatic N) is 1. The smallest absolute Gasteiger partial charge is 0.328 e. The van der Waals surface area contributed by atoms with Crippen molar-refractivity contribution in [3.05, 3.63) is 101 Å². The van der Waals surface area contributed by atoms with Crippen LogP contribution in [0, 0.1) is 0 Å². The van der Waals surface area contributed by atoms with Crippen LogP contribution in [-0.2, 0) is 4.79 Å². The number of benzene rings is 3. The number of ether oxygens (including phenoxy) is 1. The highest BCUT2D eigenvalue weighted by Gasteiger charge is 2.15. The van der Waals surface area contributed by atoms with Gasteiger partial charge in [0, 0.05) is 11.5 Å². The number of nitrogens with one attached hydrogen (secondary N) is 1. The standard InChI is InChI=1S/C30H30N2O3/c1-3-5-17-35-26-8-6-7-23(19-26)27(4-2)30(24-14-15-28-25(18-24)20-31-32-28)22-12-9-21(10-13-22)11-16-29(33)34/h6-16,18-20H,3-5,17H2,1-2H3,(H,31,32)(H,33,34). The molecule has 0 saturated heterocycles. The maximum Gasteiger partial charge on any atom is 0.328 e. The van der Waals surface area contributed by atoms with E-state index in [1.165, 1.54) is 5.57 Å². The predicted molar refractivity (Wildman–Crippen MR) is 142 cm³/mol. The molecule has 0 spiro atoms. The molecule has 0 fully saturated rings. The van der Waals surface area contributed by atoms with Crippen molar-refractivity contribution >= 4 is 34.1 Å². The summed E-state index contributed by atoms with van der Waals surface area (Å²) in [5.41, 5.74) is 7.46. The van der Waals surface area contributed by atoms with Crippen molar-refractivity contribution in [2.45, 2.75) is 33.1 Å². The van der Waals surface area contributed by atoms with E-state index < -0.39 is 5.97 Å². The number of aliphatic carboxylic acids is 1. The minimum atomic E-state index is -0.961. The molecule has 35 heavy (non-hydrogen) atoms. The topological polar surface area (TPSA) is 75.2 Å². The zero-order chi connectivity index (χ0) is 24.6. The van der Waals surface area contributed by atoms with Gasteiger partial charge in [0.15, 0.2) is 0 Å². The third-order valence-electron chi connectivity index (χ3n) is 5.95. The molecule has 5 nitrogen and oxygen atoms in total. The van der Waals surface area contributed by atoms with Crippen molar-refractivity contribution in [3.8, 4) is 5.75 Å². The van der Waals surface area contributed by atoms with E-state index in [0.29, 0.717) is 6.61 Å². The van der Waals surface area contributed by atoms with Gasteiger partial charge in [0.25, 0.3) is 0 Å². The number of aromatic nitrogens is 2. The maximum absolute atomic E-state index is 10.9. The summed E-state index contributed by atoms with van der Waals surface area (Å²) in [5, 5.41) is 17.2. The molecule has 0 amide bonds. The van der Waals surface area contributed by atoms with Crippen LogP contribution in [-0.4, -0.2) is 27.9 Å². The monoisotopic (exact) mass is 466 g/mol. The van der Waals surface area contributed by atoms with Crippen LogP contribution in [0.4, 0.5) is 0 Å². The minimum absolute atomic E-state index is 0.709. The zero-order valence-electron chi connectivity index (χ0n) is 20.1. The fourth-order valence-electron chi connectivity index (χ4n) is 4.17. The SMILES string of the molecule is CCCCOc1cccc(C(CC)=C(c2ccc(C=CC(=O)O)cc2)c2ccc3[nH]ncc3c2)c1. The van der Waals surface area contributed by atoms with Gasteiger partial charge in [-0.2, -0.15) is 5.10 Å². The molecule has 0 aliphatic rings. The fraction of sp³-hybridized carbons (Fsp3) is 0.200. The Morgan fingerprint density at radius 1 is 1.00 bits per heavy atom. The fourth-order valence-corrected chi connectivity index (χ4v) is 4.17. The summed E-state index contributed by atoms with van der Waals surface area (Å²) < 4.78 is 5.99. The zero-order valence-corrected chi connectivity index (χ0v) is 20.1. The van der Waals surface area contributed by atoms with Crippen LogP contribution in [0.5, 0.6) is 5.75 Å². The van der Waals surface area contributed by atoms with Crippen molar-refractivity contribution in [3.63, 3.8) is 0 Å². The molecular weight excluding hydrogens is 436 g/mol. The molecule has 0 saturated carbocycles. The van der Waals surface area contributed by atoms with E-state index in [2.05, 4.69) is 54.4 Å². The van der Waals surface area contributed by atoms with Gasteiger partial charge in [-0.25, -0.2) is 4.79 Å². The van der Waals surface area contributed by atoms with E-state index >= 15 is 0 Å². The van der Waals surface area contributed by atoms with Crippen LogP contribution in [0.3, 0.4) is 0 Å². The summed E-state index contributed by atoms with van der Waals surface area (Å²) in [4.78, 5) is 10.9. The Kier molecular flexibility index (Phi) is 7.78. The third kappa shape index (κ3) is 5.87. The lowest BCUT2D eigenvalue weighted by molar-refractivity contribution is -0.131. The Labute approximate surface area is 205 Å². The van der Waals surface area contributed by atoms with Crippen molar-refractivity contribution in [1.82, 2.24) is 10.2 Å². The molecule has 5 heteroatoms. The lowest BCUT2D eigenvalue weighted by Gasteiger charge is -2.17. The van der Waals surface area contributed by atoms with Gasteiger partial charge in [0.05, 0.1) is 18.3 Å². The van der Waals surface area contributed by atoms with Crippen molar-refractivity contribution < 1.29 is 14.6 Å². The molecule has 4 aromatic rings. The molecule has 1 heterocycles. The van der Waals surface area contributed by atoms with Crippen molar-refractivity contribution in [2.24, 2.45) is 0 Å². The van der Waals surface area contributed by atoms with Gasteiger partial charge >= 0.3 is 5.97 Å². The van der Waals surface area contributed by atoms with Crippen LogP contribution in [0.15, 0.2) is 79.0 Å². The van der Waals surface area contributed by atoms with Gasteiger partial charge in [-0.05, 0) is 76.6 Å². The second-order valence-electron chi connectivity index (χ2n) is 8.40. The highest BCUT2D eigenvalue weighted by atomic mass is 16.5. The van der Waals surface area contributed by atoms with E-state index in [0.717, 1.165) is 69.8 Å².